The van der Waals surface area contributed by atoms with E-state index in [2.05, 4.69) is 5.32 Å². The van der Waals surface area contributed by atoms with Crippen molar-refractivity contribution in [2.24, 2.45) is 0 Å². The highest BCUT2D eigenvalue weighted by Crippen LogP contribution is 2.20. The van der Waals surface area contributed by atoms with Crippen LogP contribution in [0.3, 0.4) is 0 Å². The van der Waals surface area contributed by atoms with Crippen LogP contribution < -0.4 is 5.32 Å². The van der Waals surface area contributed by atoms with E-state index in [0.717, 1.165) is 5.56 Å². The molecular weight excluding hydrogens is 292 g/mol. The Morgan fingerprint density at radius 1 is 1.33 bits per heavy atom. The van der Waals surface area contributed by atoms with Gasteiger partial charge in [0, 0.05) is 27.0 Å². The van der Waals surface area contributed by atoms with Crippen molar-refractivity contribution >= 4 is 15.9 Å². The molecule has 6 nitrogen and oxygen atoms in total. The SMILES string of the molecule is COCCNC(=O)N(C)[C@H](C)c1ccc(S(C)(=O)=O)cc1. The lowest BCUT2D eigenvalue weighted by Crippen LogP contribution is -2.40. The standard InChI is InChI=1S/C14H22N2O4S/c1-11(16(2)14(17)15-9-10-20-3)12-5-7-13(8-6-12)21(4,18)19/h5-8,11H,9-10H2,1-4H3,(H,15,17)/t11-/m1/s1. The Bertz CT molecular complexity index is 569. The molecular formula is C14H22N2O4S. The first-order valence-electron chi connectivity index (χ1n) is 6.57. The molecule has 1 rings (SSSR count). The predicted molar refractivity (Wildman–Crippen MR) is 81.0 cm³/mol. The van der Waals surface area contributed by atoms with Crippen LogP contribution in [0.1, 0.15) is 18.5 Å². The first-order valence-corrected chi connectivity index (χ1v) is 8.46. The monoisotopic (exact) mass is 314 g/mol. The predicted octanol–water partition coefficient (Wildman–Crippen LogP) is 1.44. The van der Waals surface area contributed by atoms with Gasteiger partial charge in [-0.25, -0.2) is 13.2 Å². The number of nitrogens with zero attached hydrogens (tertiary/aromatic N) is 1. The number of sulfone groups is 1. The van der Waals surface area contributed by atoms with E-state index in [1.165, 1.54) is 6.26 Å². The Balaban J connectivity index is 2.74. The van der Waals surface area contributed by atoms with Crippen LogP contribution >= 0.6 is 0 Å². The van der Waals surface area contributed by atoms with Gasteiger partial charge in [-0.05, 0) is 24.6 Å². The molecule has 7 heteroatoms. The Morgan fingerprint density at radius 3 is 2.38 bits per heavy atom. The summed E-state index contributed by atoms with van der Waals surface area (Å²) in [6.45, 7) is 2.78. The molecule has 2 amide bonds. The van der Waals surface area contributed by atoms with Gasteiger partial charge in [0.15, 0.2) is 9.84 Å². The Kier molecular flexibility index (Phi) is 6.17. The number of hydrogen-bond donors (Lipinski definition) is 1. The number of ether oxygens (including phenoxy) is 1. The normalized spacial score (nSPS) is 12.8. The number of benzene rings is 1. The number of methoxy groups -OCH3 is 1. The second kappa shape index (κ2) is 7.42. The van der Waals surface area contributed by atoms with E-state index in [9.17, 15) is 13.2 Å². The van der Waals surface area contributed by atoms with Crippen molar-refractivity contribution in [1.29, 1.82) is 0 Å². The van der Waals surface area contributed by atoms with Crippen LogP contribution in [-0.4, -0.2) is 52.9 Å². The second-order valence-corrected chi connectivity index (χ2v) is 6.87. The molecule has 0 saturated heterocycles. The Labute approximate surface area is 126 Å². The zero-order chi connectivity index (χ0) is 16.0. The smallest absolute Gasteiger partial charge is 0.317 e. The number of hydrogen-bond acceptors (Lipinski definition) is 4. The van der Waals surface area contributed by atoms with Crippen LogP contribution in [0.15, 0.2) is 29.2 Å². The molecule has 0 aliphatic carbocycles. The molecule has 0 heterocycles. The van der Waals surface area contributed by atoms with Crippen LogP contribution in [0.2, 0.25) is 0 Å². The second-order valence-electron chi connectivity index (χ2n) is 4.85. The summed E-state index contributed by atoms with van der Waals surface area (Å²) >= 11 is 0. The lowest BCUT2D eigenvalue weighted by molar-refractivity contribution is 0.177. The van der Waals surface area contributed by atoms with Crippen LogP contribution in [0.4, 0.5) is 4.79 Å². The van der Waals surface area contributed by atoms with E-state index in [1.807, 2.05) is 6.92 Å². The summed E-state index contributed by atoms with van der Waals surface area (Å²) in [6, 6.07) is 6.18. The molecule has 0 saturated carbocycles. The zero-order valence-electron chi connectivity index (χ0n) is 12.8. The largest absolute Gasteiger partial charge is 0.383 e. The maximum atomic E-state index is 11.9. The van der Waals surface area contributed by atoms with Crippen molar-refractivity contribution < 1.29 is 17.9 Å². The molecule has 1 aromatic rings. The number of carbonyl (C=O) groups is 1. The number of rotatable bonds is 6. The summed E-state index contributed by atoms with van der Waals surface area (Å²) in [6.07, 6.45) is 1.17. The minimum Gasteiger partial charge on any atom is -0.383 e. The molecule has 0 bridgehead atoms. The van der Waals surface area contributed by atoms with Gasteiger partial charge in [0.25, 0.3) is 0 Å². The van der Waals surface area contributed by atoms with Crippen LogP contribution in [0.5, 0.6) is 0 Å². The number of urea groups is 1. The van der Waals surface area contributed by atoms with Crippen molar-refractivity contribution in [3.05, 3.63) is 29.8 Å². The quantitative estimate of drug-likeness (QED) is 0.806. The summed E-state index contributed by atoms with van der Waals surface area (Å²) < 4.78 is 27.7. The lowest BCUT2D eigenvalue weighted by atomic mass is 10.1. The molecule has 0 fully saturated rings. The van der Waals surface area contributed by atoms with Crippen molar-refractivity contribution in [1.82, 2.24) is 10.2 Å². The number of carbonyl (C=O) groups excluding carboxylic acids is 1. The van der Waals surface area contributed by atoms with Gasteiger partial charge in [-0.3, -0.25) is 0 Å². The third kappa shape index (κ3) is 5.02. The summed E-state index contributed by atoms with van der Waals surface area (Å²) in [5, 5.41) is 2.74. The van der Waals surface area contributed by atoms with Crippen molar-refractivity contribution in [2.45, 2.75) is 17.9 Å². The highest BCUT2D eigenvalue weighted by atomic mass is 32.2. The van der Waals surface area contributed by atoms with E-state index in [4.69, 9.17) is 4.74 Å². The summed E-state index contributed by atoms with van der Waals surface area (Å²) in [5.41, 5.74) is 0.867. The molecule has 21 heavy (non-hydrogen) atoms. The number of nitrogens with one attached hydrogen (secondary N) is 1. The highest BCUT2D eigenvalue weighted by molar-refractivity contribution is 7.90. The molecule has 0 spiro atoms. The third-order valence-electron chi connectivity index (χ3n) is 3.27. The molecule has 0 unspecified atom stereocenters. The van der Waals surface area contributed by atoms with Gasteiger partial charge >= 0.3 is 6.03 Å². The van der Waals surface area contributed by atoms with E-state index in [-0.39, 0.29) is 17.0 Å². The minimum atomic E-state index is -3.20. The van der Waals surface area contributed by atoms with E-state index in [1.54, 1.807) is 43.3 Å². The van der Waals surface area contributed by atoms with Gasteiger partial charge in [-0.2, -0.15) is 0 Å². The van der Waals surface area contributed by atoms with Crippen molar-refractivity contribution in [2.75, 3.05) is 33.6 Å². The van der Waals surface area contributed by atoms with Crippen LogP contribution in [0.25, 0.3) is 0 Å². The maximum Gasteiger partial charge on any atom is 0.317 e. The molecule has 0 radical (unpaired) electrons. The van der Waals surface area contributed by atoms with Gasteiger partial charge < -0.3 is 15.0 Å². The fourth-order valence-electron chi connectivity index (χ4n) is 1.78. The maximum absolute atomic E-state index is 11.9. The topological polar surface area (TPSA) is 75.7 Å². The lowest BCUT2D eigenvalue weighted by Gasteiger charge is -2.25. The average Bonchev–Trinajstić information content (AvgIpc) is 2.45. The average molecular weight is 314 g/mol. The molecule has 1 atom stereocenters. The van der Waals surface area contributed by atoms with Gasteiger partial charge in [0.05, 0.1) is 17.5 Å². The van der Waals surface area contributed by atoms with E-state index in [0.29, 0.717) is 13.2 Å². The first kappa shape index (κ1) is 17.5. The molecule has 118 valence electrons. The third-order valence-corrected chi connectivity index (χ3v) is 4.40. The Morgan fingerprint density at radius 2 is 1.90 bits per heavy atom. The van der Waals surface area contributed by atoms with Crippen LogP contribution in [-0.2, 0) is 14.6 Å². The highest BCUT2D eigenvalue weighted by Gasteiger charge is 2.17. The van der Waals surface area contributed by atoms with Gasteiger partial charge in [0.1, 0.15) is 0 Å². The number of amides is 2. The molecule has 0 aliphatic rings. The fourth-order valence-corrected chi connectivity index (χ4v) is 2.41. The summed E-state index contributed by atoms with van der Waals surface area (Å²) in [5.74, 6) is 0. The molecule has 0 aromatic heterocycles. The van der Waals surface area contributed by atoms with E-state index >= 15 is 0 Å². The Hall–Kier alpha value is -1.60. The summed E-state index contributed by atoms with van der Waals surface area (Å²) in [7, 11) is 0.0594. The van der Waals surface area contributed by atoms with Gasteiger partial charge in [-0.15, -0.1) is 0 Å². The van der Waals surface area contributed by atoms with E-state index < -0.39 is 9.84 Å². The van der Waals surface area contributed by atoms with Crippen molar-refractivity contribution in [3.8, 4) is 0 Å². The molecule has 1 aromatic carbocycles. The minimum absolute atomic E-state index is 0.166. The first-order chi connectivity index (χ1) is 9.77. The van der Waals surface area contributed by atoms with Gasteiger partial charge in [-0.1, -0.05) is 12.1 Å². The summed E-state index contributed by atoms with van der Waals surface area (Å²) in [4.78, 5) is 13.8. The molecule has 0 aliphatic heterocycles. The zero-order valence-corrected chi connectivity index (χ0v) is 13.6. The van der Waals surface area contributed by atoms with Crippen molar-refractivity contribution in [3.63, 3.8) is 0 Å². The molecule has 1 N–H and O–H groups in total. The van der Waals surface area contributed by atoms with Crippen LogP contribution in [0, 0.1) is 0 Å². The fraction of sp³-hybridized carbons (Fsp3) is 0.500. The van der Waals surface area contributed by atoms with Gasteiger partial charge in [0.2, 0.25) is 0 Å².